The molecule has 128 valence electrons. The van der Waals surface area contributed by atoms with Crippen LogP contribution in [0.4, 0.5) is 5.69 Å². The number of hydrogen-bond acceptors (Lipinski definition) is 4. The molecule has 2 amide bonds. The van der Waals surface area contributed by atoms with Gasteiger partial charge in [-0.25, -0.2) is 5.43 Å². The van der Waals surface area contributed by atoms with Gasteiger partial charge in [0.2, 0.25) is 5.91 Å². The van der Waals surface area contributed by atoms with Crippen LogP contribution in [-0.2, 0) is 4.79 Å². The SMILES string of the molecule is CSc1ccc(/C=N/NC(=O)c2ccc(NC(=O)C3CC3)cc2)cc1. The minimum atomic E-state index is -0.294. The van der Waals surface area contributed by atoms with Crippen molar-refractivity contribution in [2.45, 2.75) is 17.7 Å². The van der Waals surface area contributed by atoms with Crippen LogP contribution in [0.15, 0.2) is 58.5 Å². The summed E-state index contributed by atoms with van der Waals surface area (Å²) < 4.78 is 0. The first-order valence-electron chi connectivity index (χ1n) is 8.04. The van der Waals surface area contributed by atoms with Gasteiger partial charge in [0.25, 0.3) is 5.91 Å². The summed E-state index contributed by atoms with van der Waals surface area (Å²) >= 11 is 1.67. The van der Waals surface area contributed by atoms with Crippen molar-refractivity contribution >= 4 is 35.5 Å². The Bertz CT molecular complexity index is 781. The lowest BCUT2D eigenvalue weighted by Gasteiger charge is -2.05. The van der Waals surface area contributed by atoms with Crippen LogP contribution in [0.5, 0.6) is 0 Å². The van der Waals surface area contributed by atoms with Crippen molar-refractivity contribution in [1.29, 1.82) is 0 Å². The van der Waals surface area contributed by atoms with Crippen LogP contribution in [0.2, 0.25) is 0 Å². The lowest BCUT2D eigenvalue weighted by Crippen LogP contribution is -2.18. The molecule has 0 spiro atoms. The topological polar surface area (TPSA) is 70.6 Å². The fraction of sp³-hybridized carbons (Fsp3) is 0.211. The zero-order valence-corrected chi connectivity index (χ0v) is 14.7. The summed E-state index contributed by atoms with van der Waals surface area (Å²) in [6.07, 6.45) is 5.55. The number of benzene rings is 2. The highest BCUT2D eigenvalue weighted by molar-refractivity contribution is 7.98. The molecule has 0 saturated heterocycles. The number of carbonyl (C=O) groups is 2. The second-order valence-corrected chi connectivity index (χ2v) is 6.69. The summed E-state index contributed by atoms with van der Waals surface area (Å²) in [5.41, 5.74) is 4.60. The van der Waals surface area contributed by atoms with Crippen molar-refractivity contribution in [1.82, 2.24) is 5.43 Å². The molecule has 2 aromatic rings. The molecule has 2 aromatic carbocycles. The van der Waals surface area contributed by atoms with E-state index in [4.69, 9.17) is 0 Å². The molecule has 1 aliphatic rings. The van der Waals surface area contributed by atoms with E-state index in [1.165, 1.54) is 4.90 Å². The Labute approximate surface area is 150 Å². The van der Waals surface area contributed by atoms with Gasteiger partial charge in [-0.15, -0.1) is 11.8 Å². The van der Waals surface area contributed by atoms with Crippen LogP contribution in [0.25, 0.3) is 0 Å². The second kappa shape index (κ2) is 7.98. The van der Waals surface area contributed by atoms with Gasteiger partial charge in [-0.1, -0.05) is 12.1 Å². The summed E-state index contributed by atoms with van der Waals surface area (Å²) in [6, 6.07) is 14.7. The Morgan fingerprint density at radius 3 is 2.36 bits per heavy atom. The largest absolute Gasteiger partial charge is 0.326 e. The number of carbonyl (C=O) groups excluding carboxylic acids is 2. The maximum Gasteiger partial charge on any atom is 0.271 e. The first-order chi connectivity index (χ1) is 12.2. The monoisotopic (exact) mass is 353 g/mol. The smallest absolute Gasteiger partial charge is 0.271 e. The van der Waals surface area contributed by atoms with Gasteiger partial charge >= 0.3 is 0 Å². The predicted octanol–water partition coefficient (Wildman–Crippen LogP) is 3.52. The number of nitrogens with one attached hydrogen (secondary N) is 2. The van der Waals surface area contributed by atoms with Gasteiger partial charge in [-0.05, 0) is 61.1 Å². The standard InChI is InChI=1S/C19H19N3O2S/c1-25-17-10-2-13(3-11-17)12-20-22-19(24)15-6-8-16(9-7-15)21-18(23)14-4-5-14/h2-3,6-12,14H,4-5H2,1H3,(H,21,23)(H,22,24)/b20-12+. The zero-order chi connectivity index (χ0) is 17.6. The van der Waals surface area contributed by atoms with E-state index in [-0.39, 0.29) is 17.7 Å². The third kappa shape index (κ3) is 4.93. The zero-order valence-electron chi connectivity index (χ0n) is 13.9. The van der Waals surface area contributed by atoms with E-state index in [1.54, 1.807) is 42.2 Å². The predicted molar refractivity (Wildman–Crippen MR) is 101 cm³/mol. The minimum absolute atomic E-state index is 0.0503. The summed E-state index contributed by atoms with van der Waals surface area (Å²) in [5, 5.41) is 6.82. The lowest BCUT2D eigenvalue weighted by atomic mass is 10.2. The highest BCUT2D eigenvalue weighted by atomic mass is 32.2. The average Bonchev–Trinajstić information content (AvgIpc) is 3.48. The van der Waals surface area contributed by atoms with E-state index >= 15 is 0 Å². The maximum atomic E-state index is 12.1. The third-order valence-corrected chi connectivity index (χ3v) is 4.60. The van der Waals surface area contributed by atoms with Crippen molar-refractivity contribution in [3.8, 4) is 0 Å². The fourth-order valence-electron chi connectivity index (χ4n) is 2.21. The molecular weight excluding hydrogens is 334 g/mol. The number of nitrogens with zero attached hydrogens (tertiary/aromatic N) is 1. The number of hydrogen-bond donors (Lipinski definition) is 2. The van der Waals surface area contributed by atoms with Gasteiger partial charge < -0.3 is 5.32 Å². The molecule has 3 rings (SSSR count). The summed E-state index contributed by atoms with van der Waals surface area (Å²) in [6.45, 7) is 0. The summed E-state index contributed by atoms with van der Waals surface area (Å²) in [5.74, 6) is -0.0892. The maximum absolute atomic E-state index is 12.1. The number of thioether (sulfide) groups is 1. The molecule has 5 nitrogen and oxygen atoms in total. The number of anilines is 1. The molecule has 0 heterocycles. The van der Waals surface area contributed by atoms with Crippen LogP contribution in [0.1, 0.15) is 28.8 Å². The van der Waals surface area contributed by atoms with E-state index in [0.717, 1.165) is 18.4 Å². The summed E-state index contributed by atoms with van der Waals surface area (Å²) in [7, 11) is 0. The molecule has 25 heavy (non-hydrogen) atoms. The molecule has 1 saturated carbocycles. The fourth-order valence-corrected chi connectivity index (χ4v) is 2.62. The van der Waals surface area contributed by atoms with E-state index in [1.807, 2.05) is 30.5 Å². The van der Waals surface area contributed by atoms with Crippen molar-refractivity contribution in [3.05, 3.63) is 59.7 Å². The van der Waals surface area contributed by atoms with Crippen LogP contribution in [0.3, 0.4) is 0 Å². The lowest BCUT2D eigenvalue weighted by molar-refractivity contribution is -0.117. The third-order valence-electron chi connectivity index (χ3n) is 3.86. The van der Waals surface area contributed by atoms with Gasteiger partial charge in [-0.3, -0.25) is 9.59 Å². The molecule has 0 radical (unpaired) electrons. The Morgan fingerprint density at radius 2 is 1.76 bits per heavy atom. The Balaban J connectivity index is 1.53. The van der Waals surface area contributed by atoms with Crippen LogP contribution < -0.4 is 10.7 Å². The average molecular weight is 353 g/mol. The van der Waals surface area contributed by atoms with Crippen LogP contribution in [-0.4, -0.2) is 24.3 Å². The molecule has 1 aliphatic carbocycles. The van der Waals surface area contributed by atoms with E-state index in [0.29, 0.717) is 11.3 Å². The van der Waals surface area contributed by atoms with Gasteiger partial charge in [-0.2, -0.15) is 5.10 Å². The Hall–Kier alpha value is -2.60. The number of hydrazone groups is 1. The molecule has 6 heteroatoms. The minimum Gasteiger partial charge on any atom is -0.326 e. The summed E-state index contributed by atoms with van der Waals surface area (Å²) in [4.78, 5) is 24.9. The quantitative estimate of drug-likeness (QED) is 0.474. The number of rotatable bonds is 6. The van der Waals surface area contributed by atoms with Gasteiger partial charge in [0.05, 0.1) is 6.21 Å². The molecule has 1 fully saturated rings. The second-order valence-electron chi connectivity index (χ2n) is 5.81. The van der Waals surface area contributed by atoms with Crippen molar-refractivity contribution in [2.24, 2.45) is 11.0 Å². The van der Waals surface area contributed by atoms with E-state index in [2.05, 4.69) is 15.8 Å². The van der Waals surface area contributed by atoms with Crippen LogP contribution >= 0.6 is 11.8 Å². The molecule has 0 bridgehead atoms. The highest BCUT2D eigenvalue weighted by Gasteiger charge is 2.29. The molecular formula is C19H19N3O2S. The highest BCUT2D eigenvalue weighted by Crippen LogP contribution is 2.30. The first kappa shape index (κ1) is 17.2. The molecule has 0 aromatic heterocycles. The normalized spacial score (nSPS) is 13.6. The Kier molecular flexibility index (Phi) is 5.50. The first-order valence-corrected chi connectivity index (χ1v) is 9.26. The van der Waals surface area contributed by atoms with Crippen molar-refractivity contribution in [3.63, 3.8) is 0 Å². The van der Waals surface area contributed by atoms with Gasteiger partial charge in [0, 0.05) is 22.1 Å². The Morgan fingerprint density at radius 1 is 1.08 bits per heavy atom. The van der Waals surface area contributed by atoms with E-state index < -0.39 is 0 Å². The van der Waals surface area contributed by atoms with Crippen molar-refractivity contribution < 1.29 is 9.59 Å². The van der Waals surface area contributed by atoms with Gasteiger partial charge in [0.1, 0.15) is 0 Å². The van der Waals surface area contributed by atoms with Crippen LogP contribution in [0, 0.1) is 5.92 Å². The van der Waals surface area contributed by atoms with E-state index in [9.17, 15) is 9.59 Å². The van der Waals surface area contributed by atoms with Gasteiger partial charge in [0.15, 0.2) is 0 Å². The molecule has 0 unspecified atom stereocenters. The van der Waals surface area contributed by atoms with Crippen molar-refractivity contribution in [2.75, 3.05) is 11.6 Å². The molecule has 0 atom stereocenters. The number of amides is 2. The molecule has 2 N–H and O–H groups in total. The molecule has 0 aliphatic heterocycles.